The molecule has 1 aromatic rings. The van der Waals surface area contributed by atoms with Crippen molar-refractivity contribution < 1.29 is 13.5 Å². The number of nitrogens with one attached hydrogen (secondary N) is 1. The lowest BCUT2D eigenvalue weighted by atomic mass is 10.4. The molecule has 4 nitrogen and oxygen atoms in total. The summed E-state index contributed by atoms with van der Waals surface area (Å²) in [6.07, 6.45) is 0. The zero-order valence-corrected chi connectivity index (χ0v) is 8.73. The summed E-state index contributed by atoms with van der Waals surface area (Å²) >= 11 is 1.15. The lowest BCUT2D eigenvalue weighted by molar-refractivity contribution is 0.265. The highest BCUT2D eigenvalue weighted by atomic mass is 32.2. The Kier molecular flexibility index (Phi) is 3.43. The Hall–Kier alpha value is -0.430. The molecule has 1 aromatic heterocycles. The van der Waals surface area contributed by atoms with Crippen molar-refractivity contribution in [3.05, 3.63) is 17.5 Å². The first-order chi connectivity index (χ1) is 6.06. The van der Waals surface area contributed by atoms with Crippen molar-refractivity contribution in [2.75, 3.05) is 6.61 Å². The molecule has 1 heterocycles. The number of sulfonamides is 1. The molecule has 13 heavy (non-hydrogen) atoms. The largest absolute Gasteiger partial charge is 0.395 e. The maximum absolute atomic E-state index is 11.5. The molecule has 74 valence electrons. The van der Waals surface area contributed by atoms with Crippen LogP contribution < -0.4 is 4.72 Å². The first-order valence-electron chi connectivity index (χ1n) is 3.73. The molecule has 6 heteroatoms. The third-order valence-corrected chi connectivity index (χ3v) is 4.38. The average molecular weight is 221 g/mol. The molecular formula is C7H11NO3S2. The number of hydrogen-bond acceptors (Lipinski definition) is 4. The van der Waals surface area contributed by atoms with E-state index in [0.29, 0.717) is 0 Å². The summed E-state index contributed by atoms with van der Waals surface area (Å²) in [6.45, 7) is 1.40. The second-order valence-corrected chi connectivity index (χ2v) is 5.53. The SMILES string of the molecule is CC(CO)NS(=O)(=O)c1cccs1. The van der Waals surface area contributed by atoms with E-state index in [4.69, 9.17) is 5.11 Å². The van der Waals surface area contributed by atoms with E-state index < -0.39 is 16.1 Å². The van der Waals surface area contributed by atoms with E-state index in [1.165, 1.54) is 6.07 Å². The molecule has 0 aromatic carbocycles. The smallest absolute Gasteiger partial charge is 0.250 e. The molecule has 0 aliphatic heterocycles. The molecule has 0 aliphatic rings. The average Bonchev–Trinajstić information content (AvgIpc) is 2.55. The van der Waals surface area contributed by atoms with Gasteiger partial charge in [-0.3, -0.25) is 0 Å². The van der Waals surface area contributed by atoms with Crippen molar-refractivity contribution in [3.63, 3.8) is 0 Å². The van der Waals surface area contributed by atoms with E-state index in [-0.39, 0.29) is 10.8 Å². The second-order valence-electron chi connectivity index (χ2n) is 2.64. The van der Waals surface area contributed by atoms with Gasteiger partial charge in [0.1, 0.15) is 4.21 Å². The van der Waals surface area contributed by atoms with Gasteiger partial charge in [0.2, 0.25) is 10.0 Å². The summed E-state index contributed by atoms with van der Waals surface area (Å²) < 4.78 is 25.5. The van der Waals surface area contributed by atoms with E-state index >= 15 is 0 Å². The monoisotopic (exact) mass is 221 g/mol. The molecule has 0 amide bonds. The molecule has 1 unspecified atom stereocenters. The lowest BCUT2D eigenvalue weighted by Gasteiger charge is -2.09. The Morgan fingerprint density at radius 2 is 2.38 bits per heavy atom. The van der Waals surface area contributed by atoms with Gasteiger partial charge < -0.3 is 5.11 Å². The van der Waals surface area contributed by atoms with Crippen molar-refractivity contribution in [2.24, 2.45) is 0 Å². The Balaban J connectivity index is 2.79. The topological polar surface area (TPSA) is 66.4 Å². The number of aliphatic hydroxyl groups excluding tert-OH is 1. The van der Waals surface area contributed by atoms with Gasteiger partial charge in [0.25, 0.3) is 0 Å². The van der Waals surface area contributed by atoms with Crippen LogP contribution in [0.2, 0.25) is 0 Å². The van der Waals surface area contributed by atoms with Crippen LogP contribution >= 0.6 is 11.3 Å². The summed E-state index contributed by atoms with van der Waals surface area (Å²) in [7, 11) is -3.42. The van der Waals surface area contributed by atoms with Gasteiger partial charge in [-0.1, -0.05) is 6.07 Å². The maximum Gasteiger partial charge on any atom is 0.250 e. The number of aliphatic hydroxyl groups is 1. The Morgan fingerprint density at radius 1 is 1.69 bits per heavy atom. The van der Waals surface area contributed by atoms with Gasteiger partial charge in [0, 0.05) is 6.04 Å². The number of rotatable bonds is 4. The van der Waals surface area contributed by atoms with Crippen LogP contribution in [0, 0.1) is 0 Å². The van der Waals surface area contributed by atoms with Crippen molar-refractivity contribution in [1.29, 1.82) is 0 Å². The van der Waals surface area contributed by atoms with Crippen LogP contribution in [-0.2, 0) is 10.0 Å². The van der Waals surface area contributed by atoms with Gasteiger partial charge in [0.15, 0.2) is 0 Å². The van der Waals surface area contributed by atoms with Crippen LogP contribution in [-0.4, -0.2) is 26.2 Å². The summed E-state index contributed by atoms with van der Waals surface area (Å²) in [5, 5.41) is 10.4. The second kappa shape index (κ2) is 4.19. The Bertz CT molecular complexity index is 344. The van der Waals surface area contributed by atoms with Crippen molar-refractivity contribution >= 4 is 21.4 Å². The Morgan fingerprint density at radius 3 is 2.85 bits per heavy atom. The molecule has 0 saturated carbocycles. The van der Waals surface area contributed by atoms with E-state index in [1.54, 1.807) is 18.4 Å². The molecule has 0 aliphatic carbocycles. The minimum Gasteiger partial charge on any atom is -0.395 e. The standard InChI is InChI=1S/C7H11NO3S2/c1-6(5-9)8-13(10,11)7-3-2-4-12-7/h2-4,6,8-9H,5H2,1H3. The molecule has 1 atom stereocenters. The number of hydrogen-bond donors (Lipinski definition) is 2. The predicted octanol–water partition coefficient (Wildman–Crippen LogP) is 0.407. The lowest BCUT2D eigenvalue weighted by Crippen LogP contribution is -2.34. The van der Waals surface area contributed by atoms with Crippen LogP contribution in [0.25, 0.3) is 0 Å². The van der Waals surface area contributed by atoms with Crippen LogP contribution in [0.1, 0.15) is 6.92 Å². The minimum absolute atomic E-state index is 0.204. The summed E-state index contributed by atoms with van der Waals surface area (Å²) in [5.74, 6) is 0. The summed E-state index contributed by atoms with van der Waals surface area (Å²) in [5.41, 5.74) is 0. The minimum atomic E-state index is -3.42. The molecule has 0 radical (unpaired) electrons. The van der Waals surface area contributed by atoms with E-state index in [0.717, 1.165) is 11.3 Å². The zero-order valence-electron chi connectivity index (χ0n) is 7.10. The third-order valence-electron chi connectivity index (χ3n) is 1.39. The Labute approximate surface area is 81.3 Å². The van der Waals surface area contributed by atoms with Crippen LogP contribution in [0.3, 0.4) is 0 Å². The zero-order chi connectivity index (χ0) is 9.90. The van der Waals surface area contributed by atoms with Gasteiger partial charge in [-0.15, -0.1) is 11.3 Å². The van der Waals surface area contributed by atoms with Crippen LogP contribution in [0.4, 0.5) is 0 Å². The fourth-order valence-electron chi connectivity index (χ4n) is 0.777. The first kappa shape index (κ1) is 10.6. The van der Waals surface area contributed by atoms with Crippen molar-refractivity contribution in [3.8, 4) is 0 Å². The highest BCUT2D eigenvalue weighted by Gasteiger charge is 2.17. The maximum atomic E-state index is 11.5. The first-order valence-corrected chi connectivity index (χ1v) is 6.09. The quantitative estimate of drug-likeness (QED) is 0.773. The van der Waals surface area contributed by atoms with E-state index in [1.807, 2.05) is 0 Å². The highest BCUT2D eigenvalue weighted by molar-refractivity contribution is 7.91. The molecule has 0 spiro atoms. The third kappa shape index (κ3) is 2.77. The van der Waals surface area contributed by atoms with Gasteiger partial charge in [-0.25, -0.2) is 13.1 Å². The fourth-order valence-corrected chi connectivity index (χ4v) is 3.02. The van der Waals surface area contributed by atoms with Gasteiger partial charge in [-0.05, 0) is 18.4 Å². The molecule has 0 saturated heterocycles. The van der Waals surface area contributed by atoms with Crippen LogP contribution in [0.15, 0.2) is 21.7 Å². The highest BCUT2D eigenvalue weighted by Crippen LogP contribution is 2.15. The predicted molar refractivity (Wildman–Crippen MR) is 51.2 cm³/mol. The summed E-state index contributed by atoms with van der Waals surface area (Å²) in [6, 6.07) is 2.74. The normalized spacial score (nSPS) is 14.3. The van der Waals surface area contributed by atoms with Crippen molar-refractivity contribution in [1.82, 2.24) is 4.72 Å². The number of thiophene rings is 1. The van der Waals surface area contributed by atoms with Gasteiger partial charge in [0.05, 0.1) is 6.61 Å². The molecule has 1 rings (SSSR count). The molecule has 0 fully saturated rings. The van der Waals surface area contributed by atoms with E-state index in [9.17, 15) is 8.42 Å². The van der Waals surface area contributed by atoms with Crippen LogP contribution in [0.5, 0.6) is 0 Å². The van der Waals surface area contributed by atoms with E-state index in [2.05, 4.69) is 4.72 Å². The molecular weight excluding hydrogens is 210 g/mol. The molecule has 2 N–H and O–H groups in total. The van der Waals surface area contributed by atoms with Gasteiger partial charge >= 0.3 is 0 Å². The van der Waals surface area contributed by atoms with Gasteiger partial charge in [-0.2, -0.15) is 0 Å². The van der Waals surface area contributed by atoms with Crippen molar-refractivity contribution in [2.45, 2.75) is 17.2 Å². The molecule has 0 bridgehead atoms. The fraction of sp³-hybridized carbons (Fsp3) is 0.429. The summed E-state index contributed by atoms with van der Waals surface area (Å²) in [4.78, 5) is 0.